The standard InChI is InChI=1S/C18H30N2O3SSi/c1-18(2,3)25(4,5)23-17-8-12-20(13-9-17)24(21,22)14-10-16-7-6-11-19-15-16/h6-7,10-11,14-15,17H,8-9,12-13H2,1-5H3/b14-10+. The minimum Gasteiger partial charge on any atom is -0.414 e. The van der Waals surface area contributed by atoms with E-state index in [4.69, 9.17) is 4.43 Å². The molecule has 2 rings (SSSR count). The Labute approximate surface area is 153 Å². The monoisotopic (exact) mass is 382 g/mol. The Morgan fingerprint density at radius 1 is 1.28 bits per heavy atom. The Morgan fingerprint density at radius 3 is 2.44 bits per heavy atom. The van der Waals surface area contributed by atoms with Crippen molar-refractivity contribution in [3.05, 3.63) is 35.5 Å². The molecule has 0 aromatic carbocycles. The van der Waals surface area contributed by atoms with Crippen LogP contribution in [0.3, 0.4) is 0 Å². The SMILES string of the molecule is CC(C)(C)[Si](C)(C)OC1CCN(S(=O)(=O)/C=C/c2cccnc2)CC1. The van der Waals surface area contributed by atoms with Gasteiger partial charge < -0.3 is 4.43 Å². The lowest BCUT2D eigenvalue weighted by molar-refractivity contribution is 0.121. The molecule has 1 fully saturated rings. The van der Waals surface area contributed by atoms with Gasteiger partial charge in [0.1, 0.15) is 0 Å². The molecule has 0 unspecified atom stereocenters. The van der Waals surface area contributed by atoms with Gasteiger partial charge in [-0.15, -0.1) is 0 Å². The van der Waals surface area contributed by atoms with Crippen LogP contribution in [-0.4, -0.2) is 45.2 Å². The summed E-state index contributed by atoms with van der Waals surface area (Å²) in [6.45, 7) is 12.2. The van der Waals surface area contributed by atoms with Crippen molar-refractivity contribution < 1.29 is 12.8 Å². The summed E-state index contributed by atoms with van der Waals surface area (Å²) in [7, 11) is -5.20. The molecule has 25 heavy (non-hydrogen) atoms. The largest absolute Gasteiger partial charge is 0.414 e. The first kappa shape index (κ1) is 20.3. The second kappa shape index (κ2) is 7.69. The van der Waals surface area contributed by atoms with Gasteiger partial charge in [0.25, 0.3) is 0 Å². The second-order valence-electron chi connectivity index (χ2n) is 8.11. The normalized spacial score (nSPS) is 18.8. The number of piperidine rings is 1. The van der Waals surface area contributed by atoms with E-state index in [0.29, 0.717) is 13.1 Å². The minimum absolute atomic E-state index is 0.162. The molecular formula is C18H30N2O3SSi. The maximum Gasteiger partial charge on any atom is 0.236 e. The fourth-order valence-corrected chi connectivity index (χ4v) is 5.17. The van der Waals surface area contributed by atoms with Crippen molar-refractivity contribution in [2.24, 2.45) is 0 Å². The predicted octanol–water partition coefficient (Wildman–Crippen LogP) is 3.87. The van der Waals surface area contributed by atoms with Gasteiger partial charge in [-0.05, 0) is 48.7 Å². The van der Waals surface area contributed by atoms with Crippen LogP contribution in [0.15, 0.2) is 29.9 Å². The van der Waals surface area contributed by atoms with Crippen LogP contribution >= 0.6 is 0 Å². The zero-order chi connectivity index (χ0) is 18.7. The number of sulfonamides is 1. The van der Waals surface area contributed by atoms with E-state index < -0.39 is 18.3 Å². The van der Waals surface area contributed by atoms with Crippen LogP contribution in [0.5, 0.6) is 0 Å². The average Bonchev–Trinajstić information content (AvgIpc) is 2.53. The molecule has 0 bridgehead atoms. The van der Waals surface area contributed by atoms with Crippen LogP contribution in [0.2, 0.25) is 18.1 Å². The Morgan fingerprint density at radius 2 is 1.92 bits per heavy atom. The number of nitrogens with zero attached hydrogens (tertiary/aromatic N) is 2. The molecule has 1 aliphatic heterocycles. The highest BCUT2D eigenvalue weighted by molar-refractivity contribution is 7.92. The van der Waals surface area contributed by atoms with E-state index >= 15 is 0 Å². The zero-order valence-electron chi connectivity index (χ0n) is 15.9. The van der Waals surface area contributed by atoms with Gasteiger partial charge in [-0.3, -0.25) is 4.98 Å². The third-order valence-corrected chi connectivity index (χ3v) is 11.2. The lowest BCUT2D eigenvalue weighted by Crippen LogP contribution is -2.47. The number of aromatic nitrogens is 1. The maximum atomic E-state index is 12.5. The summed E-state index contributed by atoms with van der Waals surface area (Å²) in [6.07, 6.45) is 6.58. The Balaban J connectivity index is 1.94. The van der Waals surface area contributed by atoms with E-state index in [1.165, 1.54) is 5.41 Å². The molecule has 1 aromatic heterocycles. The summed E-state index contributed by atoms with van der Waals surface area (Å²) in [5.74, 6) is 0. The van der Waals surface area contributed by atoms with E-state index in [1.807, 2.05) is 6.07 Å². The van der Waals surface area contributed by atoms with Gasteiger partial charge in [-0.25, -0.2) is 8.42 Å². The van der Waals surface area contributed by atoms with Crippen LogP contribution < -0.4 is 0 Å². The van der Waals surface area contributed by atoms with Gasteiger partial charge in [0.2, 0.25) is 10.0 Å². The third-order valence-electron chi connectivity index (χ3n) is 5.15. The molecule has 0 atom stereocenters. The van der Waals surface area contributed by atoms with Crippen molar-refractivity contribution in [1.82, 2.24) is 9.29 Å². The lowest BCUT2D eigenvalue weighted by Gasteiger charge is -2.41. The molecule has 0 aliphatic carbocycles. The van der Waals surface area contributed by atoms with Crippen molar-refractivity contribution in [2.75, 3.05) is 13.1 Å². The highest BCUT2D eigenvalue weighted by Gasteiger charge is 2.40. The number of pyridine rings is 1. The van der Waals surface area contributed by atoms with E-state index in [-0.39, 0.29) is 11.1 Å². The molecular weight excluding hydrogens is 352 g/mol. The number of hydrogen-bond acceptors (Lipinski definition) is 4. The van der Waals surface area contributed by atoms with Gasteiger partial charge in [0, 0.05) is 37.0 Å². The topological polar surface area (TPSA) is 59.5 Å². The summed E-state index contributed by atoms with van der Waals surface area (Å²) in [5, 5.41) is 1.45. The third kappa shape index (κ3) is 5.47. The Bertz CT molecular complexity index is 689. The lowest BCUT2D eigenvalue weighted by atomic mass is 10.1. The smallest absolute Gasteiger partial charge is 0.236 e. The van der Waals surface area contributed by atoms with Crippen LogP contribution in [0.1, 0.15) is 39.2 Å². The van der Waals surface area contributed by atoms with E-state index in [1.54, 1.807) is 28.8 Å². The molecule has 0 radical (unpaired) electrons. The Hall–Kier alpha value is -1.02. The van der Waals surface area contributed by atoms with Crippen molar-refractivity contribution >= 4 is 24.4 Å². The zero-order valence-corrected chi connectivity index (χ0v) is 17.7. The quantitative estimate of drug-likeness (QED) is 0.725. The molecule has 7 heteroatoms. The fourth-order valence-electron chi connectivity index (χ4n) is 2.52. The summed E-state index contributed by atoms with van der Waals surface area (Å²) in [6, 6.07) is 3.62. The molecule has 0 spiro atoms. The molecule has 5 nitrogen and oxygen atoms in total. The van der Waals surface area contributed by atoms with Crippen molar-refractivity contribution in [1.29, 1.82) is 0 Å². The molecule has 140 valence electrons. The van der Waals surface area contributed by atoms with Crippen LogP contribution in [0, 0.1) is 0 Å². The van der Waals surface area contributed by atoms with Gasteiger partial charge in [0.15, 0.2) is 8.32 Å². The molecule has 1 aromatic rings. The van der Waals surface area contributed by atoms with E-state index in [9.17, 15) is 8.42 Å². The average molecular weight is 383 g/mol. The fraction of sp³-hybridized carbons (Fsp3) is 0.611. The number of hydrogen-bond donors (Lipinski definition) is 0. The highest BCUT2D eigenvalue weighted by Crippen LogP contribution is 2.38. The predicted molar refractivity (Wildman–Crippen MR) is 105 cm³/mol. The molecule has 0 amide bonds. The van der Waals surface area contributed by atoms with Gasteiger partial charge in [-0.1, -0.05) is 26.8 Å². The molecule has 2 heterocycles. The molecule has 0 saturated carbocycles. The summed E-state index contributed by atoms with van der Waals surface area (Å²) >= 11 is 0. The summed E-state index contributed by atoms with van der Waals surface area (Å²) < 4.78 is 33.0. The minimum atomic E-state index is -3.40. The first-order valence-corrected chi connectivity index (χ1v) is 13.2. The molecule has 0 N–H and O–H groups in total. The van der Waals surface area contributed by atoms with Gasteiger partial charge in [0.05, 0.1) is 0 Å². The van der Waals surface area contributed by atoms with Crippen molar-refractivity contribution in [3.63, 3.8) is 0 Å². The van der Waals surface area contributed by atoms with Crippen LogP contribution in [-0.2, 0) is 14.4 Å². The first-order chi connectivity index (χ1) is 11.5. The molecule has 1 aliphatic rings. The second-order valence-corrected chi connectivity index (χ2v) is 14.7. The van der Waals surface area contributed by atoms with E-state index in [0.717, 1.165) is 18.4 Å². The van der Waals surface area contributed by atoms with Crippen LogP contribution in [0.25, 0.3) is 6.08 Å². The number of rotatable bonds is 5. The summed E-state index contributed by atoms with van der Waals surface area (Å²) in [4.78, 5) is 3.99. The van der Waals surface area contributed by atoms with Crippen molar-refractivity contribution in [2.45, 2.75) is 57.8 Å². The maximum absolute atomic E-state index is 12.5. The van der Waals surface area contributed by atoms with Crippen LogP contribution in [0.4, 0.5) is 0 Å². The van der Waals surface area contributed by atoms with Gasteiger partial charge in [-0.2, -0.15) is 4.31 Å². The first-order valence-electron chi connectivity index (χ1n) is 8.77. The summed E-state index contributed by atoms with van der Waals surface area (Å²) in [5.41, 5.74) is 0.780. The van der Waals surface area contributed by atoms with Gasteiger partial charge >= 0.3 is 0 Å². The molecule has 1 saturated heterocycles. The van der Waals surface area contributed by atoms with Crippen molar-refractivity contribution in [3.8, 4) is 0 Å². The highest BCUT2D eigenvalue weighted by atomic mass is 32.2. The Kier molecular flexibility index (Phi) is 6.25. The van der Waals surface area contributed by atoms with E-state index in [2.05, 4.69) is 38.8 Å².